The molecule has 2 aromatic carbocycles. The fourth-order valence-corrected chi connectivity index (χ4v) is 12.5. The van der Waals surface area contributed by atoms with Crippen LogP contribution >= 0.6 is 0 Å². The van der Waals surface area contributed by atoms with Crippen LogP contribution in [0.2, 0.25) is 0 Å². The summed E-state index contributed by atoms with van der Waals surface area (Å²) in [7, 11) is 0. The number of aliphatic carboxylic acids is 1. The Hall–Kier alpha value is -5.21. The van der Waals surface area contributed by atoms with Crippen molar-refractivity contribution in [3.8, 4) is 5.75 Å². The van der Waals surface area contributed by atoms with Gasteiger partial charge in [-0.15, -0.1) is 0 Å². The van der Waals surface area contributed by atoms with Gasteiger partial charge in [0.25, 0.3) is 0 Å². The van der Waals surface area contributed by atoms with Crippen molar-refractivity contribution in [1.29, 1.82) is 0 Å². The highest BCUT2D eigenvalue weighted by Gasteiger charge is 2.59. The molecule has 3 saturated carbocycles. The second-order valence-corrected chi connectivity index (χ2v) is 20.3. The van der Waals surface area contributed by atoms with Gasteiger partial charge in [0.1, 0.15) is 23.9 Å². The van der Waals surface area contributed by atoms with Gasteiger partial charge in [-0.05, 0) is 145 Å². The molecule has 1 aromatic heterocycles. The Balaban J connectivity index is 0.937. The van der Waals surface area contributed by atoms with E-state index in [1.807, 2.05) is 0 Å². The van der Waals surface area contributed by atoms with Gasteiger partial charge in [-0.1, -0.05) is 77.7 Å². The van der Waals surface area contributed by atoms with Crippen LogP contribution in [0.1, 0.15) is 130 Å². The number of nitro groups is 1. The van der Waals surface area contributed by atoms with Gasteiger partial charge in [0.2, 0.25) is 11.4 Å². The molecule has 10 atom stereocenters. The molecule has 0 bridgehead atoms. The van der Waals surface area contributed by atoms with Crippen LogP contribution < -0.4 is 16.0 Å². The van der Waals surface area contributed by atoms with Crippen LogP contribution in [-0.2, 0) is 20.7 Å². The third-order valence-corrected chi connectivity index (χ3v) is 16.0. The van der Waals surface area contributed by atoms with E-state index in [4.69, 9.17) is 9.37 Å². The summed E-state index contributed by atoms with van der Waals surface area (Å²) in [5, 5.41) is 47.2. The summed E-state index contributed by atoms with van der Waals surface area (Å²) in [6.45, 7) is 12.6. The Kier molecular flexibility index (Phi) is 14.5. The van der Waals surface area contributed by atoms with Crippen LogP contribution in [0.3, 0.4) is 0 Å². The molecule has 5 N–H and O–H groups in total. The number of phenols is 1. The third-order valence-electron chi connectivity index (χ3n) is 16.0. The zero-order chi connectivity index (χ0) is 45.8. The minimum Gasteiger partial charge on any atom is -0.508 e. The summed E-state index contributed by atoms with van der Waals surface area (Å²) >= 11 is 0. The smallest absolute Gasteiger partial charge is 0.408 e. The number of nitrogens with one attached hydrogen (secondary N) is 3. The van der Waals surface area contributed by atoms with E-state index in [2.05, 4.69) is 67.0 Å². The van der Waals surface area contributed by atoms with Gasteiger partial charge >= 0.3 is 17.7 Å². The summed E-state index contributed by atoms with van der Waals surface area (Å²) in [5.74, 6) is 2.59. The van der Waals surface area contributed by atoms with Gasteiger partial charge < -0.3 is 30.9 Å². The molecule has 15 nitrogen and oxygen atoms in total. The molecular weight excluding hydrogens is 817 g/mol. The lowest BCUT2D eigenvalue weighted by Gasteiger charge is -2.58. The Morgan fingerprint density at radius 3 is 2.41 bits per heavy atom. The molecule has 0 radical (unpaired) electrons. The van der Waals surface area contributed by atoms with Gasteiger partial charge in [-0.2, -0.15) is 0 Å². The molecule has 0 spiro atoms. The number of aromatic nitrogens is 2. The number of benzene rings is 2. The second-order valence-electron chi connectivity index (χ2n) is 20.3. The number of carbonyl (C=O) groups is 3. The number of amides is 2. The number of anilines is 1. The summed E-state index contributed by atoms with van der Waals surface area (Å²) in [6.07, 6.45) is 15.1. The minimum atomic E-state index is -1.23. The number of nitro benzene ring substituents is 1. The van der Waals surface area contributed by atoms with Crippen molar-refractivity contribution < 1.29 is 38.9 Å². The van der Waals surface area contributed by atoms with Crippen molar-refractivity contribution in [3.05, 3.63) is 63.7 Å². The maximum Gasteiger partial charge on any atom is 0.408 e. The normalized spacial score (nSPS) is 27.6. The Labute approximate surface area is 376 Å². The maximum atomic E-state index is 13.8. The van der Waals surface area contributed by atoms with Crippen LogP contribution in [0.25, 0.3) is 11.0 Å². The van der Waals surface area contributed by atoms with Crippen molar-refractivity contribution in [2.24, 2.45) is 46.3 Å². The molecule has 3 fully saturated rings. The topological polar surface area (TPSA) is 219 Å². The molecular formula is C49H68N6O9. The van der Waals surface area contributed by atoms with Crippen molar-refractivity contribution >= 4 is 40.4 Å². The van der Waals surface area contributed by atoms with Crippen molar-refractivity contribution in [3.63, 3.8) is 0 Å². The zero-order valence-electron chi connectivity index (χ0n) is 38.1. The maximum absolute atomic E-state index is 13.8. The Morgan fingerprint density at radius 2 is 1.67 bits per heavy atom. The van der Waals surface area contributed by atoms with E-state index in [0.29, 0.717) is 54.3 Å². The quantitative estimate of drug-likeness (QED) is 0.0329. The average Bonchev–Trinajstić information content (AvgIpc) is 3.89. The largest absolute Gasteiger partial charge is 0.508 e. The predicted octanol–water partition coefficient (Wildman–Crippen LogP) is 9.74. The highest BCUT2D eigenvalue weighted by molar-refractivity contribution is 5.93. The van der Waals surface area contributed by atoms with Crippen LogP contribution in [0.15, 0.2) is 52.7 Å². The molecule has 0 saturated heterocycles. The molecule has 64 heavy (non-hydrogen) atoms. The first-order chi connectivity index (χ1) is 30.6. The van der Waals surface area contributed by atoms with Crippen molar-refractivity contribution in [1.82, 2.24) is 20.9 Å². The summed E-state index contributed by atoms with van der Waals surface area (Å²) in [5.41, 5.74) is 3.03. The first-order valence-electron chi connectivity index (χ1n) is 23.7. The van der Waals surface area contributed by atoms with E-state index in [1.54, 1.807) is 12.1 Å². The lowest BCUT2D eigenvalue weighted by atomic mass is 9.47. The van der Waals surface area contributed by atoms with Crippen LogP contribution in [0.4, 0.5) is 16.2 Å². The summed E-state index contributed by atoms with van der Waals surface area (Å²) < 4.78 is 10.8. The fraction of sp³-hybridized carbons (Fsp3) is 0.653. The van der Waals surface area contributed by atoms with E-state index in [9.17, 15) is 34.7 Å². The number of unbranched alkanes of at least 4 members (excludes halogenated alkanes) is 1. The predicted molar refractivity (Wildman–Crippen MR) is 242 cm³/mol. The first kappa shape index (κ1) is 46.8. The van der Waals surface area contributed by atoms with E-state index >= 15 is 0 Å². The Morgan fingerprint density at radius 1 is 0.906 bits per heavy atom. The van der Waals surface area contributed by atoms with Crippen molar-refractivity contribution in [2.45, 2.75) is 149 Å². The Bertz CT molecular complexity index is 2170. The fourth-order valence-electron chi connectivity index (χ4n) is 12.5. The number of fused-ring (bicyclic) bond motifs is 6. The third kappa shape index (κ3) is 10.2. The number of rotatable bonds is 19. The molecule has 4 aliphatic carbocycles. The number of phenolic OH excluding ortho intramolecular Hbond substituents is 1. The van der Waals surface area contributed by atoms with Crippen LogP contribution in [0, 0.1) is 56.5 Å². The van der Waals surface area contributed by atoms with Gasteiger partial charge in [-0.25, -0.2) is 14.2 Å². The number of nitrogens with zero attached hydrogens (tertiary/aromatic N) is 3. The molecule has 1 heterocycles. The van der Waals surface area contributed by atoms with E-state index in [1.165, 1.54) is 74.8 Å². The minimum absolute atomic E-state index is 0.0191. The molecule has 1 unspecified atom stereocenters. The van der Waals surface area contributed by atoms with E-state index < -0.39 is 35.0 Å². The average molecular weight is 885 g/mol. The first-order valence-corrected chi connectivity index (χ1v) is 23.7. The van der Waals surface area contributed by atoms with Crippen LogP contribution in [-0.4, -0.2) is 68.2 Å². The molecule has 0 aliphatic heterocycles. The van der Waals surface area contributed by atoms with Gasteiger partial charge in [0.15, 0.2) is 5.52 Å². The summed E-state index contributed by atoms with van der Waals surface area (Å²) in [4.78, 5) is 50.6. The monoisotopic (exact) mass is 885 g/mol. The number of carbonyl (C=O) groups excluding carboxylic acids is 2. The van der Waals surface area contributed by atoms with Gasteiger partial charge in [0.05, 0.1) is 10.6 Å². The number of allylic oxidation sites excluding steroid dienone is 1. The number of ether oxygens (including phenoxy) is 1. The van der Waals surface area contributed by atoms with Crippen molar-refractivity contribution in [2.75, 3.05) is 11.9 Å². The summed E-state index contributed by atoms with van der Waals surface area (Å²) in [6, 6.07) is 6.72. The molecule has 348 valence electrons. The molecule has 7 rings (SSSR count). The highest BCUT2D eigenvalue weighted by atomic mass is 16.6. The number of carboxylic acids is 1. The van der Waals surface area contributed by atoms with E-state index in [-0.39, 0.29) is 46.8 Å². The SMILES string of the molecule is CC(C)CCC[C@@H](C)[C@H]1CC[C@H]2C3CC=C4C[C@@H](OC(=O)N[C@H](Cc5ccc(O)cc5)C(=O)N[C@H](CCCCNc5ccc([N+](=O)[O-])c6nonc56)C(=O)O)CC[C@]4(C)[C@H]3CC[C@]12C. The lowest BCUT2D eigenvalue weighted by Crippen LogP contribution is -2.53. The highest BCUT2D eigenvalue weighted by Crippen LogP contribution is 2.67. The van der Waals surface area contributed by atoms with E-state index in [0.717, 1.165) is 42.9 Å². The second kappa shape index (κ2) is 19.9. The molecule has 2 amide bonds. The van der Waals surface area contributed by atoms with Gasteiger partial charge in [0, 0.05) is 25.5 Å². The van der Waals surface area contributed by atoms with Gasteiger partial charge in [-0.3, -0.25) is 14.9 Å². The number of carboxylic acid groups (broad SMARTS) is 1. The molecule has 3 aromatic rings. The number of non-ortho nitro benzene ring substituents is 1. The number of hydrogen-bond donors (Lipinski definition) is 5. The lowest BCUT2D eigenvalue weighted by molar-refractivity contribution is -0.383. The number of aromatic hydroxyl groups is 1. The number of alkyl carbamates (subject to hydrolysis) is 1. The molecule has 15 heteroatoms. The standard InChI is InChI=1S/C49H68N6O9/c1-29(2)9-8-10-30(3)36-18-19-37-35-17-14-32-28-34(22-24-48(32,4)38(35)23-25-49(36,37)5)63-47(60)52-41(27-31-12-15-33(56)16-13-31)45(57)51-40(46(58)59)11-6-7-26-50-39-20-21-42(55(61)62)44-43(39)53-64-54-44/h12-16,20-21,29-30,34-38,40-41,50,56H,6-11,17-19,22-28H2,1-5H3,(H,51,57)(H,52,60)(H,58,59)/t30-,34+,35?,36-,37+,38+,40-,41-,48+,49-/m1/s1. The van der Waals surface area contributed by atoms with Crippen LogP contribution in [0.5, 0.6) is 5.75 Å². The zero-order valence-corrected chi connectivity index (χ0v) is 38.1. The molecule has 4 aliphatic rings. The number of hydrogen-bond acceptors (Lipinski definition) is 11.